The van der Waals surface area contributed by atoms with Crippen LogP contribution in [0, 0.1) is 0 Å². The molecule has 0 aliphatic heterocycles. The Morgan fingerprint density at radius 1 is 1.29 bits per heavy atom. The predicted molar refractivity (Wildman–Crippen MR) is 85.0 cm³/mol. The Morgan fingerprint density at radius 3 is 2.95 bits per heavy atom. The number of benzene rings is 2. The van der Waals surface area contributed by atoms with Gasteiger partial charge in [0.05, 0.1) is 28.5 Å². The number of nitrogens with zero attached hydrogens (tertiary/aromatic N) is 1. The largest absolute Gasteiger partial charge is 0.495 e. The van der Waals surface area contributed by atoms with Crippen molar-refractivity contribution in [3.05, 3.63) is 47.5 Å². The van der Waals surface area contributed by atoms with Crippen molar-refractivity contribution in [2.24, 2.45) is 0 Å². The lowest BCUT2D eigenvalue weighted by Crippen LogP contribution is -2.12. The van der Waals surface area contributed by atoms with Crippen LogP contribution in [0.25, 0.3) is 10.2 Å². The normalized spacial score (nSPS) is 10.5. The lowest BCUT2D eigenvalue weighted by molar-refractivity contribution is 0.102. The number of nitrogens with two attached hydrogens (primary N) is 1. The summed E-state index contributed by atoms with van der Waals surface area (Å²) in [5.74, 6) is 0.276. The first kappa shape index (κ1) is 13.4. The fraction of sp³-hybridized carbons (Fsp3) is 0.0667. The molecule has 0 aliphatic carbocycles. The molecule has 21 heavy (non-hydrogen) atoms. The zero-order valence-corrected chi connectivity index (χ0v) is 12.1. The number of ether oxygens (including phenoxy) is 1. The van der Waals surface area contributed by atoms with Crippen LogP contribution < -0.4 is 15.8 Å². The van der Waals surface area contributed by atoms with Gasteiger partial charge in [-0.25, -0.2) is 4.98 Å². The van der Waals surface area contributed by atoms with Crippen molar-refractivity contribution >= 4 is 38.8 Å². The van der Waals surface area contributed by atoms with E-state index in [1.807, 2.05) is 18.2 Å². The van der Waals surface area contributed by atoms with Gasteiger partial charge in [0, 0.05) is 11.3 Å². The van der Waals surface area contributed by atoms with Crippen LogP contribution >= 0.6 is 11.3 Å². The first-order valence-corrected chi connectivity index (χ1v) is 7.13. The molecule has 1 heterocycles. The van der Waals surface area contributed by atoms with Gasteiger partial charge in [0.15, 0.2) is 0 Å². The van der Waals surface area contributed by atoms with Crippen molar-refractivity contribution in [2.75, 3.05) is 18.2 Å². The molecule has 0 fully saturated rings. The quantitative estimate of drug-likeness (QED) is 0.728. The first-order valence-electron chi connectivity index (χ1n) is 6.25. The summed E-state index contributed by atoms with van der Waals surface area (Å²) in [4.78, 5) is 16.5. The maximum Gasteiger partial charge on any atom is 0.255 e. The molecule has 2 aromatic carbocycles. The Balaban J connectivity index is 1.85. The number of methoxy groups -OCH3 is 1. The number of hydrogen-bond acceptors (Lipinski definition) is 5. The Labute approximate surface area is 125 Å². The van der Waals surface area contributed by atoms with Gasteiger partial charge in [-0.05, 0) is 36.4 Å². The van der Waals surface area contributed by atoms with Crippen LogP contribution in [0.2, 0.25) is 0 Å². The summed E-state index contributed by atoms with van der Waals surface area (Å²) in [5.41, 5.74) is 10.2. The zero-order valence-electron chi connectivity index (χ0n) is 11.3. The average molecular weight is 299 g/mol. The molecule has 0 radical (unpaired) electrons. The van der Waals surface area contributed by atoms with E-state index in [-0.39, 0.29) is 5.91 Å². The molecule has 1 amide bonds. The standard InChI is InChI=1S/C15H13N3O2S/c1-20-13-6-9(2-4-11(13)16)15(19)18-10-3-5-12-14(7-10)21-8-17-12/h2-8H,16H2,1H3,(H,18,19). The molecule has 0 atom stereocenters. The minimum Gasteiger partial charge on any atom is -0.495 e. The Bertz CT molecular complexity index is 814. The van der Waals surface area contributed by atoms with Gasteiger partial charge in [-0.2, -0.15) is 0 Å². The second-order valence-electron chi connectivity index (χ2n) is 4.45. The summed E-state index contributed by atoms with van der Waals surface area (Å²) in [6.07, 6.45) is 0. The molecule has 3 N–H and O–H groups in total. The smallest absolute Gasteiger partial charge is 0.255 e. The number of amides is 1. The number of aromatic nitrogens is 1. The van der Waals surface area contributed by atoms with E-state index in [0.29, 0.717) is 17.0 Å². The van der Waals surface area contributed by atoms with Crippen molar-refractivity contribution in [1.29, 1.82) is 0 Å². The molecule has 0 bridgehead atoms. The number of fused-ring (bicyclic) bond motifs is 1. The molecule has 1 aromatic heterocycles. The molecule has 0 saturated heterocycles. The van der Waals surface area contributed by atoms with Crippen LogP contribution in [0.5, 0.6) is 5.75 Å². The number of anilines is 2. The van der Waals surface area contributed by atoms with E-state index in [1.165, 1.54) is 18.4 Å². The average Bonchev–Trinajstić information content (AvgIpc) is 2.95. The number of rotatable bonds is 3. The molecule has 0 spiro atoms. The zero-order chi connectivity index (χ0) is 14.8. The highest BCUT2D eigenvalue weighted by Gasteiger charge is 2.10. The second kappa shape index (κ2) is 5.41. The van der Waals surface area contributed by atoms with E-state index >= 15 is 0 Å². The third-order valence-electron chi connectivity index (χ3n) is 3.08. The third kappa shape index (κ3) is 2.66. The molecule has 0 aliphatic rings. The lowest BCUT2D eigenvalue weighted by Gasteiger charge is -2.08. The summed E-state index contributed by atoms with van der Waals surface area (Å²) in [6, 6.07) is 10.5. The molecule has 6 heteroatoms. The fourth-order valence-electron chi connectivity index (χ4n) is 1.99. The van der Waals surface area contributed by atoms with E-state index in [4.69, 9.17) is 10.5 Å². The summed E-state index contributed by atoms with van der Waals surface area (Å²) >= 11 is 1.53. The lowest BCUT2D eigenvalue weighted by atomic mass is 10.1. The number of nitrogens with one attached hydrogen (secondary N) is 1. The number of thiazole rings is 1. The van der Waals surface area contributed by atoms with Gasteiger partial charge in [-0.15, -0.1) is 11.3 Å². The number of hydrogen-bond donors (Lipinski definition) is 2. The van der Waals surface area contributed by atoms with Crippen LogP contribution in [0.1, 0.15) is 10.4 Å². The van der Waals surface area contributed by atoms with Gasteiger partial charge in [0.2, 0.25) is 0 Å². The number of carbonyl (C=O) groups is 1. The van der Waals surface area contributed by atoms with Crippen molar-refractivity contribution in [2.45, 2.75) is 0 Å². The molecular weight excluding hydrogens is 286 g/mol. The Hall–Kier alpha value is -2.60. The van der Waals surface area contributed by atoms with Gasteiger partial charge in [0.25, 0.3) is 5.91 Å². The van der Waals surface area contributed by atoms with E-state index in [0.717, 1.165) is 15.9 Å². The Kier molecular flexibility index (Phi) is 3.45. The van der Waals surface area contributed by atoms with Crippen LogP contribution in [0.3, 0.4) is 0 Å². The van der Waals surface area contributed by atoms with Crippen LogP contribution in [0.4, 0.5) is 11.4 Å². The fourth-order valence-corrected chi connectivity index (χ4v) is 2.70. The van der Waals surface area contributed by atoms with Crippen molar-refractivity contribution < 1.29 is 9.53 Å². The topological polar surface area (TPSA) is 77.2 Å². The molecule has 0 unspecified atom stereocenters. The van der Waals surface area contributed by atoms with E-state index in [1.54, 1.807) is 23.7 Å². The minimum atomic E-state index is -0.211. The SMILES string of the molecule is COc1cc(C(=O)Nc2ccc3ncsc3c2)ccc1N. The van der Waals surface area contributed by atoms with E-state index < -0.39 is 0 Å². The van der Waals surface area contributed by atoms with Crippen molar-refractivity contribution in [3.63, 3.8) is 0 Å². The van der Waals surface area contributed by atoms with E-state index in [9.17, 15) is 4.79 Å². The second-order valence-corrected chi connectivity index (χ2v) is 5.33. The molecule has 5 nitrogen and oxygen atoms in total. The third-order valence-corrected chi connectivity index (χ3v) is 3.88. The van der Waals surface area contributed by atoms with Crippen LogP contribution in [-0.2, 0) is 0 Å². The summed E-state index contributed by atoms with van der Waals surface area (Å²) in [7, 11) is 1.52. The first-order chi connectivity index (χ1) is 10.2. The number of carbonyl (C=O) groups excluding carboxylic acids is 1. The minimum absolute atomic E-state index is 0.211. The van der Waals surface area contributed by atoms with Gasteiger partial charge < -0.3 is 15.8 Å². The Morgan fingerprint density at radius 2 is 2.14 bits per heavy atom. The maximum absolute atomic E-state index is 12.2. The van der Waals surface area contributed by atoms with E-state index in [2.05, 4.69) is 10.3 Å². The van der Waals surface area contributed by atoms with Gasteiger partial charge in [0.1, 0.15) is 5.75 Å². The van der Waals surface area contributed by atoms with Gasteiger partial charge >= 0.3 is 0 Å². The maximum atomic E-state index is 12.2. The molecular formula is C15H13N3O2S. The van der Waals surface area contributed by atoms with Crippen molar-refractivity contribution in [1.82, 2.24) is 4.98 Å². The highest BCUT2D eigenvalue weighted by molar-refractivity contribution is 7.16. The summed E-state index contributed by atoms with van der Waals surface area (Å²) in [5, 5.41) is 2.85. The van der Waals surface area contributed by atoms with Gasteiger partial charge in [-0.3, -0.25) is 4.79 Å². The summed E-state index contributed by atoms with van der Waals surface area (Å²) in [6.45, 7) is 0. The van der Waals surface area contributed by atoms with Gasteiger partial charge in [-0.1, -0.05) is 0 Å². The van der Waals surface area contributed by atoms with Crippen LogP contribution in [0.15, 0.2) is 41.9 Å². The molecule has 106 valence electrons. The molecule has 3 aromatic rings. The predicted octanol–water partition coefficient (Wildman–Crippen LogP) is 3.14. The monoisotopic (exact) mass is 299 g/mol. The molecule has 0 saturated carbocycles. The summed E-state index contributed by atoms with van der Waals surface area (Å²) < 4.78 is 6.15. The van der Waals surface area contributed by atoms with Crippen molar-refractivity contribution in [3.8, 4) is 5.75 Å². The number of nitrogen functional groups attached to an aromatic ring is 1. The van der Waals surface area contributed by atoms with Crippen LogP contribution in [-0.4, -0.2) is 18.0 Å². The highest BCUT2D eigenvalue weighted by Crippen LogP contribution is 2.24. The molecule has 3 rings (SSSR count). The highest BCUT2D eigenvalue weighted by atomic mass is 32.1.